The molecule has 1 saturated heterocycles. The van der Waals surface area contributed by atoms with Gasteiger partial charge in [-0.3, -0.25) is 19.4 Å². The lowest BCUT2D eigenvalue weighted by atomic mass is 10.1. The third kappa shape index (κ3) is 6.05. The summed E-state index contributed by atoms with van der Waals surface area (Å²) < 4.78 is 5.33. The van der Waals surface area contributed by atoms with Crippen LogP contribution in [0.15, 0.2) is 42.5 Å². The Morgan fingerprint density at radius 2 is 1.70 bits per heavy atom. The van der Waals surface area contributed by atoms with E-state index in [0.29, 0.717) is 23.7 Å². The summed E-state index contributed by atoms with van der Waals surface area (Å²) in [5, 5.41) is 5.63. The zero-order valence-corrected chi connectivity index (χ0v) is 17.9. The molecular formula is C23H30N4O3. The van der Waals surface area contributed by atoms with Crippen molar-refractivity contribution in [2.45, 2.75) is 20.4 Å². The second-order valence-electron chi connectivity index (χ2n) is 7.62. The number of aryl methyl sites for hydroxylation is 1. The molecule has 0 saturated carbocycles. The fraction of sp³-hybridized carbons (Fsp3) is 0.391. The first-order valence-corrected chi connectivity index (χ1v) is 10.2. The number of methoxy groups -OCH3 is 1. The first kappa shape index (κ1) is 21.8. The number of carbonyl (C=O) groups excluding carboxylic acids is 2. The van der Waals surface area contributed by atoms with Crippen LogP contribution < -0.4 is 15.4 Å². The monoisotopic (exact) mass is 410 g/mol. The van der Waals surface area contributed by atoms with Crippen LogP contribution in [0.3, 0.4) is 0 Å². The number of nitrogens with one attached hydrogen (secondary N) is 2. The number of benzene rings is 2. The Hall–Kier alpha value is -2.90. The number of hydrogen-bond acceptors (Lipinski definition) is 5. The van der Waals surface area contributed by atoms with Gasteiger partial charge in [0, 0.05) is 45.3 Å². The van der Waals surface area contributed by atoms with Crippen LogP contribution in [-0.4, -0.2) is 61.4 Å². The Bertz CT molecular complexity index is 892. The Morgan fingerprint density at radius 1 is 1.00 bits per heavy atom. The highest BCUT2D eigenvalue weighted by atomic mass is 16.5. The normalized spacial score (nSPS) is 14.9. The maximum atomic E-state index is 12.6. The first-order chi connectivity index (χ1) is 14.4. The van der Waals surface area contributed by atoms with Crippen LogP contribution in [-0.2, 0) is 16.1 Å². The first-order valence-electron chi connectivity index (χ1n) is 10.2. The van der Waals surface area contributed by atoms with Crippen molar-refractivity contribution < 1.29 is 14.3 Å². The van der Waals surface area contributed by atoms with Gasteiger partial charge in [-0.2, -0.15) is 0 Å². The lowest BCUT2D eigenvalue weighted by Gasteiger charge is -2.34. The molecule has 1 aliphatic heterocycles. The summed E-state index contributed by atoms with van der Waals surface area (Å²) in [5.74, 6) is 0.294. The summed E-state index contributed by atoms with van der Waals surface area (Å²) in [5.41, 5.74) is 3.83. The van der Waals surface area contributed by atoms with Gasteiger partial charge < -0.3 is 15.4 Å². The predicted octanol–water partition coefficient (Wildman–Crippen LogP) is 2.72. The minimum absolute atomic E-state index is 0.0966. The van der Waals surface area contributed by atoms with Gasteiger partial charge in [-0.25, -0.2) is 0 Å². The summed E-state index contributed by atoms with van der Waals surface area (Å²) in [6.07, 6.45) is 0. The maximum absolute atomic E-state index is 12.6. The van der Waals surface area contributed by atoms with Crippen LogP contribution >= 0.6 is 0 Å². The van der Waals surface area contributed by atoms with Crippen molar-refractivity contribution >= 4 is 23.2 Å². The molecule has 3 rings (SSSR count). The molecule has 0 aliphatic carbocycles. The molecule has 1 aliphatic rings. The molecule has 7 nitrogen and oxygen atoms in total. The minimum Gasteiger partial charge on any atom is -0.495 e. The van der Waals surface area contributed by atoms with E-state index in [1.165, 1.54) is 18.1 Å². The number of nitrogens with zero attached hydrogens (tertiary/aromatic N) is 2. The Morgan fingerprint density at radius 3 is 2.37 bits per heavy atom. The average Bonchev–Trinajstić information content (AvgIpc) is 2.71. The molecule has 1 fully saturated rings. The van der Waals surface area contributed by atoms with E-state index in [0.717, 1.165) is 32.7 Å². The molecule has 7 heteroatoms. The minimum atomic E-state index is -0.166. The molecule has 30 heavy (non-hydrogen) atoms. The van der Waals surface area contributed by atoms with Crippen molar-refractivity contribution in [2.24, 2.45) is 0 Å². The Labute approximate surface area is 178 Å². The van der Waals surface area contributed by atoms with Crippen molar-refractivity contribution in [3.8, 4) is 5.75 Å². The van der Waals surface area contributed by atoms with E-state index in [1.807, 2.05) is 0 Å². The van der Waals surface area contributed by atoms with Gasteiger partial charge in [0.1, 0.15) is 5.75 Å². The summed E-state index contributed by atoms with van der Waals surface area (Å²) in [4.78, 5) is 28.5. The maximum Gasteiger partial charge on any atom is 0.238 e. The fourth-order valence-electron chi connectivity index (χ4n) is 3.61. The zero-order valence-electron chi connectivity index (χ0n) is 17.9. The number of anilines is 2. The summed E-state index contributed by atoms with van der Waals surface area (Å²) >= 11 is 0. The van der Waals surface area contributed by atoms with Crippen LogP contribution in [0.2, 0.25) is 0 Å². The summed E-state index contributed by atoms with van der Waals surface area (Å²) in [6, 6.07) is 13.6. The quantitative estimate of drug-likeness (QED) is 0.734. The second-order valence-corrected chi connectivity index (χ2v) is 7.62. The lowest BCUT2D eigenvalue weighted by molar-refractivity contribution is -0.117. The van der Waals surface area contributed by atoms with Gasteiger partial charge in [-0.15, -0.1) is 0 Å². The highest BCUT2D eigenvalue weighted by molar-refractivity contribution is 5.95. The van der Waals surface area contributed by atoms with Gasteiger partial charge in [0.15, 0.2) is 0 Å². The van der Waals surface area contributed by atoms with Crippen molar-refractivity contribution in [3.05, 3.63) is 53.6 Å². The number of amides is 2. The summed E-state index contributed by atoms with van der Waals surface area (Å²) in [6.45, 7) is 8.43. The highest BCUT2D eigenvalue weighted by Crippen LogP contribution is 2.28. The lowest BCUT2D eigenvalue weighted by Crippen LogP contribution is -2.48. The number of rotatable bonds is 7. The van der Waals surface area contributed by atoms with E-state index >= 15 is 0 Å². The molecule has 2 aromatic carbocycles. The van der Waals surface area contributed by atoms with Gasteiger partial charge in [-0.05, 0) is 36.2 Å². The molecule has 0 unspecified atom stereocenters. The van der Waals surface area contributed by atoms with E-state index in [1.54, 1.807) is 25.3 Å². The molecule has 0 atom stereocenters. The second kappa shape index (κ2) is 10.2. The van der Waals surface area contributed by atoms with Crippen LogP contribution in [0.5, 0.6) is 5.75 Å². The van der Waals surface area contributed by atoms with E-state index in [-0.39, 0.29) is 11.8 Å². The van der Waals surface area contributed by atoms with Crippen LogP contribution in [0.25, 0.3) is 0 Å². The average molecular weight is 411 g/mol. The number of ether oxygens (including phenoxy) is 1. The molecular weight excluding hydrogens is 380 g/mol. The SMILES string of the molecule is COc1ccc(NC(C)=O)cc1NC(=O)CN1CCN(Cc2ccccc2C)CC1. The van der Waals surface area contributed by atoms with Crippen molar-refractivity contribution in [1.82, 2.24) is 9.80 Å². The molecule has 0 bridgehead atoms. The van der Waals surface area contributed by atoms with E-state index < -0.39 is 0 Å². The third-order valence-electron chi connectivity index (χ3n) is 5.28. The summed E-state index contributed by atoms with van der Waals surface area (Å²) in [7, 11) is 1.55. The van der Waals surface area contributed by atoms with E-state index in [9.17, 15) is 9.59 Å². The molecule has 2 N–H and O–H groups in total. The van der Waals surface area contributed by atoms with Gasteiger partial charge in [0.2, 0.25) is 11.8 Å². The molecule has 0 radical (unpaired) electrons. The topological polar surface area (TPSA) is 73.9 Å². The zero-order chi connectivity index (χ0) is 21.5. The van der Waals surface area contributed by atoms with E-state index in [4.69, 9.17) is 4.74 Å². The van der Waals surface area contributed by atoms with Crippen LogP contribution in [0.1, 0.15) is 18.1 Å². The van der Waals surface area contributed by atoms with Gasteiger partial charge in [0.05, 0.1) is 19.3 Å². The molecule has 0 aromatic heterocycles. The molecule has 1 heterocycles. The van der Waals surface area contributed by atoms with Crippen LogP contribution in [0, 0.1) is 6.92 Å². The number of hydrogen-bond donors (Lipinski definition) is 2. The number of piperazine rings is 1. The smallest absolute Gasteiger partial charge is 0.238 e. The molecule has 160 valence electrons. The third-order valence-corrected chi connectivity index (χ3v) is 5.28. The van der Waals surface area contributed by atoms with E-state index in [2.05, 4.69) is 51.6 Å². The fourth-order valence-corrected chi connectivity index (χ4v) is 3.61. The number of carbonyl (C=O) groups is 2. The van der Waals surface area contributed by atoms with Crippen molar-refractivity contribution in [3.63, 3.8) is 0 Å². The van der Waals surface area contributed by atoms with Crippen LogP contribution in [0.4, 0.5) is 11.4 Å². The van der Waals surface area contributed by atoms with Gasteiger partial charge >= 0.3 is 0 Å². The Kier molecular flexibility index (Phi) is 7.43. The molecule has 0 spiro atoms. The van der Waals surface area contributed by atoms with Gasteiger partial charge in [-0.1, -0.05) is 24.3 Å². The largest absolute Gasteiger partial charge is 0.495 e. The molecule has 2 aromatic rings. The van der Waals surface area contributed by atoms with Gasteiger partial charge in [0.25, 0.3) is 0 Å². The van der Waals surface area contributed by atoms with Crippen molar-refractivity contribution in [2.75, 3.05) is 50.5 Å². The highest BCUT2D eigenvalue weighted by Gasteiger charge is 2.20. The molecule has 2 amide bonds. The standard InChI is InChI=1S/C23H30N4O3/c1-17-6-4-5-7-19(17)15-26-10-12-27(13-11-26)16-23(29)25-21-14-20(24-18(2)28)8-9-22(21)30-3/h4-9,14H,10-13,15-16H2,1-3H3,(H,24,28)(H,25,29). The Balaban J connectivity index is 1.51. The predicted molar refractivity (Wildman–Crippen MR) is 119 cm³/mol. The van der Waals surface area contributed by atoms with Crippen molar-refractivity contribution in [1.29, 1.82) is 0 Å².